The van der Waals surface area contributed by atoms with E-state index in [2.05, 4.69) is 6.07 Å². The number of nitriles is 1. The van der Waals surface area contributed by atoms with Gasteiger partial charge in [0.2, 0.25) is 0 Å². The van der Waals surface area contributed by atoms with E-state index in [1.807, 2.05) is 26.8 Å². The Morgan fingerprint density at radius 2 is 2.14 bits per heavy atom. The molecule has 1 aliphatic rings. The van der Waals surface area contributed by atoms with E-state index >= 15 is 0 Å². The van der Waals surface area contributed by atoms with E-state index in [0.717, 1.165) is 18.5 Å². The van der Waals surface area contributed by atoms with Crippen molar-refractivity contribution in [3.63, 3.8) is 0 Å². The molecule has 1 saturated heterocycles. The number of carbonyl (C=O) groups is 1. The topological polar surface area (TPSA) is 66.1 Å². The van der Waals surface area contributed by atoms with Crippen LogP contribution in [0, 0.1) is 30.6 Å². The fraction of sp³-hybridized carbons (Fsp3) is 0.588. The summed E-state index contributed by atoms with van der Waals surface area (Å²) in [5.74, 6) is -0.245. The van der Waals surface area contributed by atoms with Crippen molar-refractivity contribution in [2.24, 2.45) is 5.41 Å². The number of amides is 1. The molecule has 0 radical (unpaired) electrons. The van der Waals surface area contributed by atoms with Crippen molar-refractivity contribution in [1.82, 2.24) is 9.47 Å². The Hall–Kier alpha value is -2.09. The highest BCUT2D eigenvalue weighted by atomic mass is 16.2. The average Bonchev–Trinajstić information content (AvgIpc) is 2.47. The molecule has 1 amide bonds. The van der Waals surface area contributed by atoms with Crippen molar-refractivity contribution in [1.29, 1.82) is 5.26 Å². The Kier molecular flexibility index (Phi) is 4.41. The van der Waals surface area contributed by atoms with Crippen molar-refractivity contribution in [3.05, 3.63) is 33.2 Å². The van der Waals surface area contributed by atoms with Crippen LogP contribution in [0.2, 0.25) is 0 Å². The van der Waals surface area contributed by atoms with Crippen molar-refractivity contribution in [3.8, 4) is 6.07 Å². The molecule has 0 bridgehead atoms. The summed E-state index contributed by atoms with van der Waals surface area (Å²) in [5, 5.41) is 9.29. The van der Waals surface area contributed by atoms with Gasteiger partial charge in [0, 0.05) is 25.3 Å². The Morgan fingerprint density at radius 1 is 1.45 bits per heavy atom. The van der Waals surface area contributed by atoms with Crippen LogP contribution in [0.25, 0.3) is 0 Å². The molecule has 0 aliphatic carbocycles. The third kappa shape index (κ3) is 2.78. The Balaban J connectivity index is 2.43. The molecule has 1 atom stereocenters. The van der Waals surface area contributed by atoms with E-state index in [9.17, 15) is 14.9 Å². The van der Waals surface area contributed by atoms with Crippen LogP contribution < -0.4 is 5.56 Å². The number of piperidine rings is 1. The van der Waals surface area contributed by atoms with Gasteiger partial charge < -0.3 is 9.47 Å². The number of pyridine rings is 1. The molecule has 0 unspecified atom stereocenters. The summed E-state index contributed by atoms with van der Waals surface area (Å²) in [6.45, 7) is 8.98. The summed E-state index contributed by atoms with van der Waals surface area (Å²) in [5.41, 5.74) is 1.07. The second-order valence-electron chi connectivity index (χ2n) is 6.40. The molecule has 0 N–H and O–H groups in total. The molecule has 118 valence electrons. The van der Waals surface area contributed by atoms with Gasteiger partial charge in [-0.2, -0.15) is 5.26 Å². The van der Waals surface area contributed by atoms with E-state index in [-0.39, 0.29) is 17.0 Å². The number of rotatable bonds is 2. The molecule has 1 aliphatic heterocycles. The van der Waals surface area contributed by atoms with Gasteiger partial charge in [-0.05, 0) is 52.2 Å². The number of aryl methyl sites for hydroxylation is 2. The summed E-state index contributed by atoms with van der Waals surface area (Å²) >= 11 is 0. The molecule has 22 heavy (non-hydrogen) atoms. The number of carbonyl (C=O) groups excluding carboxylic acids is 1. The highest BCUT2D eigenvalue weighted by molar-refractivity contribution is 5.95. The maximum atomic E-state index is 12.8. The van der Waals surface area contributed by atoms with E-state index in [1.165, 1.54) is 0 Å². The number of hydrogen-bond acceptors (Lipinski definition) is 3. The minimum atomic E-state index is -0.518. The molecule has 0 spiro atoms. The molecule has 5 nitrogen and oxygen atoms in total. The normalized spacial score (nSPS) is 21.5. The molecular weight excluding hydrogens is 278 g/mol. The molecule has 5 heteroatoms. The molecule has 1 fully saturated rings. The first-order chi connectivity index (χ1) is 10.3. The summed E-state index contributed by atoms with van der Waals surface area (Å²) in [7, 11) is 0. The molecule has 0 aromatic carbocycles. The van der Waals surface area contributed by atoms with Crippen molar-refractivity contribution >= 4 is 5.91 Å². The predicted octanol–water partition coefficient (Wildman–Crippen LogP) is 2.25. The number of nitrogens with zero attached hydrogens (tertiary/aromatic N) is 3. The molecule has 2 heterocycles. The van der Waals surface area contributed by atoms with Gasteiger partial charge in [0.05, 0.1) is 11.5 Å². The third-order valence-corrected chi connectivity index (χ3v) is 4.49. The standard InChI is InChI=1S/C17H23N3O2/c1-5-20-13(3)9-12(2)14(16(20)22)15(21)19-8-6-7-17(4,10-18)11-19/h9H,5-8,11H2,1-4H3/t17-/m1/s1. The molecule has 0 saturated carbocycles. The molecule has 2 rings (SSSR count). The molecule has 1 aromatic rings. The monoisotopic (exact) mass is 301 g/mol. The molecule has 1 aromatic heterocycles. The lowest BCUT2D eigenvalue weighted by molar-refractivity contribution is 0.0626. The van der Waals surface area contributed by atoms with E-state index in [0.29, 0.717) is 25.2 Å². The number of likely N-dealkylation sites (tertiary alicyclic amines) is 1. The average molecular weight is 301 g/mol. The Morgan fingerprint density at radius 3 is 2.73 bits per heavy atom. The first kappa shape index (κ1) is 16.3. The van der Waals surface area contributed by atoms with E-state index < -0.39 is 5.41 Å². The van der Waals surface area contributed by atoms with Crippen molar-refractivity contribution < 1.29 is 4.79 Å². The minimum absolute atomic E-state index is 0.228. The van der Waals surface area contributed by atoms with Gasteiger partial charge in [-0.1, -0.05) is 0 Å². The maximum Gasteiger partial charge on any atom is 0.263 e. The van der Waals surface area contributed by atoms with Gasteiger partial charge in [0.1, 0.15) is 5.56 Å². The third-order valence-electron chi connectivity index (χ3n) is 4.49. The van der Waals surface area contributed by atoms with Gasteiger partial charge in [0.25, 0.3) is 11.5 Å². The quantitative estimate of drug-likeness (QED) is 0.841. The van der Waals surface area contributed by atoms with Crippen LogP contribution in [0.3, 0.4) is 0 Å². The van der Waals surface area contributed by atoms with E-state index in [1.54, 1.807) is 16.4 Å². The second kappa shape index (κ2) is 5.96. The highest BCUT2D eigenvalue weighted by Gasteiger charge is 2.34. The zero-order valence-electron chi connectivity index (χ0n) is 13.8. The fourth-order valence-corrected chi connectivity index (χ4v) is 3.24. The smallest absolute Gasteiger partial charge is 0.263 e. The lowest BCUT2D eigenvalue weighted by atomic mass is 9.83. The first-order valence-electron chi connectivity index (χ1n) is 7.74. The van der Waals surface area contributed by atoms with Gasteiger partial charge in [-0.15, -0.1) is 0 Å². The zero-order valence-corrected chi connectivity index (χ0v) is 13.8. The van der Waals surface area contributed by atoms with Gasteiger partial charge in [0.15, 0.2) is 0 Å². The lowest BCUT2D eigenvalue weighted by Gasteiger charge is -2.36. The maximum absolute atomic E-state index is 12.8. The van der Waals surface area contributed by atoms with Crippen LogP contribution in [-0.4, -0.2) is 28.5 Å². The van der Waals surface area contributed by atoms with E-state index in [4.69, 9.17) is 0 Å². The van der Waals surface area contributed by atoms with Crippen LogP contribution in [0.5, 0.6) is 0 Å². The van der Waals surface area contributed by atoms with Crippen LogP contribution >= 0.6 is 0 Å². The van der Waals surface area contributed by atoms with Crippen LogP contribution in [0.1, 0.15) is 48.3 Å². The lowest BCUT2D eigenvalue weighted by Crippen LogP contribution is -2.46. The number of hydrogen-bond donors (Lipinski definition) is 0. The highest BCUT2D eigenvalue weighted by Crippen LogP contribution is 2.29. The van der Waals surface area contributed by atoms with Crippen molar-refractivity contribution in [2.45, 2.75) is 47.1 Å². The van der Waals surface area contributed by atoms with Gasteiger partial charge in [-0.25, -0.2) is 0 Å². The Bertz CT molecular complexity index is 699. The van der Waals surface area contributed by atoms with Crippen LogP contribution in [0.15, 0.2) is 10.9 Å². The second-order valence-corrected chi connectivity index (χ2v) is 6.40. The van der Waals surface area contributed by atoms with Crippen molar-refractivity contribution in [2.75, 3.05) is 13.1 Å². The minimum Gasteiger partial charge on any atom is -0.337 e. The molecular formula is C17H23N3O2. The summed E-state index contributed by atoms with van der Waals surface area (Å²) < 4.78 is 1.62. The number of aromatic nitrogens is 1. The van der Waals surface area contributed by atoms with Gasteiger partial charge >= 0.3 is 0 Å². The summed E-state index contributed by atoms with van der Waals surface area (Å²) in [6, 6.07) is 4.18. The van der Waals surface area contributed by atoms with Gasteiger partial charge in [-0.3, -0.25) is 9.59 Å². The zero-order chi connectivity index (χ0) is 16.5. The SMILES string of the molecule is CCn1c(C)cc(C)c(C(=O)N2CCC[C@](C)(C#N)C2)c1=O. The predicted molar refractivity (Wildman–Crippen MR) is 84.7 cm³/mol. The van der Waals surface area contributed by atoms with Crippen LogP contribution in [-0.2, 0) is 6.54 Å². The summed E-state index contributed by atoms with van der Waals surface area (Å²) in [4.78, 5) is 27.1. The largest absolute Gasteiger partial charge is 0.337 e. The summed E-state index contributed by atoms with van der Waals surface area (Å²) in [6.07, 6.45) is 1.59. The Labute approximate surface area is 131 Å². The fourth-order valence-electron chi connectivity index (χ4n) is 3.24. The first-order valence-corrected chi connectivity index (χ1v) is 7.74. The van der Waals surface area contributed by atoms with Crippen LogP contribution in [0.4, 0.5) is 0 Å².